The van der Waals surface area contributed by atoms with Gasteiger partial charge < -0.3 is 14.8 Å². The number of anilines is 1. The minimum Gasteiger partial charge on any atom is -0.355 e. The number of piperidine rings is 1. The van der Waals surface area contributed by atoms with Crippen molar-refractivity contribution in [2.45, 2.75) is 57.4 Å². The fraction of sp³-hybridized carbons (Fsp3) is 0.545. The summed E-state index contributed by atoms with van der Waals surface area (Å²) in [6.07, 6.45) is 15.2. The Kier molecular flexibility index (Phi) is 5.75. The first-order valence-corrected chi connectivity index (χ1v) is 10.4. The molecular formula is C22H30N4O. The number of hydrogen-bond acceptors (Lipinski definition) is 3. The Morgan fingerprint density at radius 2 is 1.67 bits per heavy atom. The van der Waals surface area contributed by atoms with Crippen molar-refractivity contribution in [2.75, 3.05) is 18.0 Å². The Hall–Kier alpha value is -2.30. The maximum Gasteiger partial charge on any atom is 0.223 e. The van der Waals surface area contributed by atoms with Crippen LogP contribution in [0.3, 0.4) is 0 Å². The molecular weight excluding hydrogens is 336 g/mol. The number of carbonyl (C=O) groups excluding carboxylic acids is 1. The molecule has 0 radical (unpaired) electrons. The van der Waals surface area contributed by atoms with E-state index in [1.807, 2.05) is 36.8 Å². The molecule has 2 aliphatic rings. The summed E-state index contributed by atoms with van der Waals surface area (Å²) in [5.41, 5.74) is 1.10. The molecule has 2 aromatic heterocycles. The molecule has 1 amide bonds. The Morgan fingerprint density at radius 3 is 2.37 bits per heavy atom. The number of nitrogens with one attached hydrogen (secondary N) is 1. The van der Waals surface area contributed by atoms with Crippen molar-refractivity contribution >= 4 is 11.7 Å². The molecule has 1 aliphatic heterocycles. The lowest BCUT2D eigenvalue weighted by Gasteiger charge is -2.33. The van der Waals surface area contributed by atoms with Gasteiger partial charge in [-0.1, -0.05) is 25.7 Å². The highest BCUT2D eigenvalue weighted by molar-refractivity contribution is 5.79. The summed E-state index contributed by atoms with van der Waals surface area (Å²) in [5.74, 6) is 1.42. The third kappa shape index (κ3) is 4.34. The van der Waals surface area contributed by atoms with Crippen LogP contribution in [-0.2, 0) is 4.79 Å². The lowest BCUT2D eigenvalue weighted by molar-refractivity contribution is -0.126. The highest BCUT2D eigenvalue weighted by Crippen LogP contribution is 2.27. The number of carbonyl (C=O) groups is 1. The summed E-state index contributed by atoms with van der Waals surface area (Å²) in [6, 6.07) is 8.54. The van der Waals surface area contributed by atoms with E-state index in [0.717, 1.165) is 50.3 Å². The molecule has 0 spiro atoms. The number of aromatic nitrogens is 2. The molecule has 1 saturated heterocycles. The van der Waals surface area contributed by atoms with Crippen molar-refractivity contribution < 1.29 is 4.79 Å². The van der Waals surface area contributed by atoms with E-state index >= 15 is 0 Å². The Bertz CT molecular complexity index is 727. The second-order valence-electron chi connectivity index (χ2n) is 7.89. The van der Waals surface area contributed by atoms with Gasteiger partial charge in [0.1, 0.15) is 0 Å². The van der Waals surface area contributed by atoms with E-state index in [2.05, 4.69) is 25.8 Å². The van der Waals surface area contributed by atoms with E-state index in [9.17, 15) is 4.79 Å². The van der Waals surface area contributed by atoms with Crippen LogP contribution in [0.1, 0.15) is 51.4 Å². The van der Waals surface area contributed by atoms with Crippen LogP contribution in [0.4, 0.5) is 5.82 Å². The van der Waals surface area contributed by atoms with Gasteiger partial charge in [0.15, 0.2) is 5.82 Å². The number of hydrogen-bond donors (Lipinski definition) is 1. The van der Waals surface area contributed by atoms with Crippen LogP contribution in [0.5, 0.6) is 0 Å². The van der Waals surface area contributed by atoms with Crippen LogP contribution < -0.4 is 10.2 Å². The molecule has 5 heteroatoms. The van der Waals surface area contributed by atoms with Gasteiger partial charge >= 0.3 is 0 Å². The third-order valence-electron chi connectivity index (χ3n) is 6.02. The molecule has 1 saturated carbocycles. The second kappa shape index (κ2) is 8.59. The van der Waals surface area contributed by atoms with Gasteiger partial charge in [-0.2, -0.15) is 0 Å². The Morgan fingerprint density at radius 1 is 0.963 bits per heavy atom. The van der Waals surface area contributed by atoms with Gasteiger partial charge in [0, 0.05) is 43.6 Å². The van der Waals surface area contributed by atoms with Crippen molar-refractivity contribution in [3.63, 3.8) is 0 Å². The van der Waals surface area contributed by atoms with Crippen molar-refractivity contribution in [3.8, 4) is 5.69 Å². The first kappa shape index (κ1) is 18.1. The molecule has 2 fully saturated rings. The summed E-state index contributed by atoms with van der Waals surface area (Å²) in [6.45, 7) is 1.77. The molecule has 0 aromatic carbocycles. The van der Waals surface area contributed by atoms with Crippen molar-refractivity contribution in [3.05, 3.63) is 42.9 Å². The highest BCUT2D eigenvalue weighted by Gasteiger charge is 2.28. The van der Waals surface area contributed by atoms with Crippen LogP contribution in [0.15, 0.2) is 42.9 Å². The predicted octanol–water partition coefficient (Wildman–Crippen LogP) is 3.93. The monoisotopic (exact) mass is 366 g/mol. The molecule has 5 nitrogen and oxygen atoms in total. The SMILES string of the molecule is O=C(NC1CCCCCC1)C1CCN(c2ncccc2-n2cccc2)CC1. The molecule has 4 rings (SSSR count). The zero-order valence-electron chi connectivity index (χ0n) is 16.0. The fourth-order valence-corrected chi connectivity index (χ4v) is 4.43. The van der Waals surface area contributed by atoms with E-state index in [4.69, 9.17) is 0 Å². The summed E-state index contributed by atoms with van der Waals surface area (Å²) >= 11 is 0. The number of amides is 1. The first-order chi connectivity index (χ1) is 13.3. The summed E-state index contributed by atoms with van der Waals surface area (Å²) < 4.78 is 2.10. The lowest BCUT2D eigenvalue weighted by Crippen LogP contribution is -2.44. The Labute approximate surface area is 161 Å². The molecule has 0 bridgehead atoms. The maximum atomic E-state index is 12.7. The van der Waals surface area contributed by atoms with Gasteiger partial charge in [-0.15, -0.1) is 0 Å². The lowest BCUT2D eigenvalue weighted by atomic mass is 9.95. The van der Waals surface area contributed by atoms with Crippen LogP contribution in [0.2, 0.25) is 0 Å². The normalized spacial score (nSPS) is 19.6. The molecule has 1 aliphatic carbocycles. The van der Waals surface area contributed by atoms with Crippen LogP contribution >= 0.6 is 0 Å². The van der Waals surface area contributed by atoms with E-state index < -0.39 is 0 Å². The number of rotatable bonds is 4. The zero-order chi connectivity index (χ0) is 18.5. The maximum absolute atomic E-state index is 12.7. The van der Waals surface area contributed by atoms with E-state index in [-0.39, 0.29) is 11.8 Å². The smallest absolute Gasteiger partial charge is 0.223 e. The van der Waals surface area contributed by atoms with Crippen LogP contribution in [0, 0.1) is 5.92 Å². The average molecular weight is 367 g/mol. The standard InChI is InChI=1S/C22H30N4O/c27-22(24-19-8-3-1-2-4-9-19)18-11-16-26(17-12-18)21-20(10-7-13-23-21)25-14-5-6-15-25/h5-7,10,13-15,18-19H,1-4,8-9,11-12,16-17H2,(H,24,27). The molecule has 27 heavy (non-hydrogen) atoms. The molecule has 2 aromatic rings. The highest BCUT2D eigenvalue weighted by atomic mass is 16.1. The molecule has 3 heterocycles. The molecule has 0 atom stereocenters. The van der Waals surface area contributed by atoms with Gasteiger partial charge in [0.2, 0.25) is 5.91 Å². The summed E-state index contributed by atoms with van der Waals surface area (Å²) in [7, 11) is 0. The van der Waals surface area contributed by atoms with Gasteiger partial charge in [0.05, 0.1) is 5.69 Å². The summed E-state index contributed by atoms with van der Waals surface area (Å²) in [4.78, 5) is 19.7. The number of nitrogens with zero attached hydrogens (tertiary/aromatic N) is 3. The van der Waals surface area contributed by atoms with Gasteiger partial charge in [-0.05, 0) is 49.9 Å². The quantitative estimate of drug-likeness (QED) is 0.834. The van der Waals surface area contributed by atoms with Gasteiger partial charge in [-0.3, -0.25) is 4.79 Å². The Balaban J connectivity index is 1.36. The van der Waals surface area contributed by atoms with E-state index in [0.29, 0.717) is 6.04 Å². The van der Waals surface area contributed by atoms with E-state index in [1.54, 1.807) is 0 Å². The molecule has 1 N–H and O–H groups in total. The van der Waals surface area contributed by atoms with E-state index in [1.165, 1.54) is 25.7 Å². The predicted molar refractivity (Wildman–Crippen MR) is 108 cm³/mol. The molecule has 144 valence electrons. The minimum absolute atomic E-state index is 0.142. The van der Waals surface area contributed by atoms with Gasteiger partial charge in [0.25, 0.3) is 0 Å². The average Bonchev–Trinajstić information content (AvgIpc) is 3.13. The third-order valence-corrected chi connectivity index (χ3v) is 6.02. The topological polar surface area (TPSA) is 50.2 Å². The molecule has 0 unspecified atom stereocenters. The largest absolute Gasteiger partial charge is 0.355 e. The number of pyridine rings is 1. The fourth-order valence-electron chi connectivity index (χ4n) is 4.43. The first-order valence-electron chi connectivity index (χ1n) is 10.4. The van der Waals surface area contributed by atoms with Crippen molar-refractivity contribution in [2.24, 2.45) is 5.92 Å². The minimum atomic E-state index is 0.142. The van der Waals surface area contributed by atoms with Crippen LogP contribution in [0.25, 0.3) is 5.69 Å². The van der Waals surface area contributed by atoms with Crippen molar-refractivity contribution in [1.29, 1.82) is 0 Å². The summed E-state index contributed by atoms with van der Waals surface area (Å²) in [5, 5.41) is 3.34. The zero-order valence-corrected chi connectivity index (χ0v) is 16.0. The van der Waals surface area contributed by atoms with Crippen LogP contribution in [-0.4, -0.2) is 34.6 Å². The second-order valence-corrected chi connectivity index (χ2v) is 7.89. The van der Waals surface area contributed by atoms with Gasteiger partial charge in [-0.25, -0.2) is 4.98 Å². The van der Waals surface area contributed by atoms with Crippen molar-refractivity contribution in [1.82, 2.24) is 14.9 Å².